The number of hydrogen-bond acceptors (Lipinski definition) is 8. The average Bonchev–Trinajstić information content (AvgIpc) is 2.88. The maximum absolute atomic E-state index is 17.1. The van der Waals surface area contributed by atoms with E-state index in [-0.39, 0.29) is 0 Å². The van der Waals surface area contributed by atoms with Gasteiger partial charge in [0.25, 0.3) is 0 Å². The number of hydrogen-bond donors (Lipinski definition) is 0. The second kappa shape index (κ2) is 15.7. The fourth-order valence-electron chi connectivity index (χ4n) is 7.72. The molecule has 0 amide bonds. The molecule has 0 saturated carbocycles. The van der Waals surface area contributed by atoms with Crippen molar-refractivity contribution in [2.45, 2.75) is 39.5 Å². The van der Waals surface area contributed by atoms with Gasteiger partial charge in [-0.05, 0) is 0 Å². The molecule has 258 valence electrons. The molecule has 0 bridgehead atoms. The van der Waals surface area contributed by atoms with Crippen LogP contribution in [0.3, 0.4) is 0 Å². The summed E-state index contributed by atoms with van der Waals surface area (Å²) in [6, 6.07) is 0. The SMILES string of the molecule is CCCCP(CC=P(F)(N(C)C)N(C)C)(N(C)C)(N(C)C)P(CC=P(F)(N(C)C)N(C)C)(CCCC)(N(C)C)N(C)C. The number of unbranched alkanes of at least 4 members (excludes halogenated alkanes) is 2. The second-order valence-corrected chi connectivity index (χ2v) is 35.4. The molecule has 0 aromatic carbocycles. The third-order valence-corrected chi connectivity index (χ3v) is 43.4. The van der Waals surface area contributed by atoms with E-state index in [0.29, 0.717) is 12.3 Å². The predicted octanol–water partition coefficient (Wildman–Crippen LogP) is 6.83. The van der Waals surface area contributed by atoms with E-state index in [0.717, 1.165) is 38.0 Å². The Kier molecular flexibility index (Phi) is 16.1. The van der Waals surface area contributed by atoms with Crippen LogP contribution in [0.2, 0.25) is 0 Å². The molecule has 8 nitrogen and oxygen atoms in total. The Morgan fingerprint density at radius 1 is 0.452 bits per heavy atom. The first-order valence-corrected chi connectivity index (χ1v) is 24.3. The molecule has 0 aliphatic heterocycles. The average molecular weight is 683 g/mol. The summed E-state index contributed by atoms with van der Waals surface area (Å²) in [6.45, 7) is -2.33. The van der Waals surface area contributed by atoms with Gasteiger partial charge in [-0.2, -0.15) is 0 Å². The van der Waals surface area contributed by atoms with Crippen LogP contribution in [-0.2, 0) is 0 Å². The third-order valence-electron chi connectivity index (χ3n) is 10.3. The Bertz CT molecular complexity index is 852. The van der Waals surface area contributed by atoms with Crippen LogP contribution in [0.5, 0.6) is 0 Å². The molecule has 0 N–H and O–H groups in total. The Balaban J connectivity index is 9.03. The van der Waals surface area contributed by atoms with Gasteiger partial charge < -0.3 is 0 Å². The molecule has 14 heteroatoms. The van der Waals surface area contributed by atoms with Crippen molar-refractivity contribution in [3.05, 3.63) is 0 Å². The molecule has 0 saturated heterocycles. The van der Waals surface area contributed by atoms with E-state index >= 15 is 8.39 Å². The van der Waals surface area contributed by atoms with E-state index in [1.807, 2.05) is 56.4 Å². The van der Waals surface area contributed by atoms with E-state index < -0.39 is 28.2 Å². The van der Waals surface area contributed by atoms with Gasteiger partial charge >= 0.3 is 262 Å². The molecule has 0 atom stereocenters. The van der Waals surface area contributed by atoms with Crippen LogP contribution in [0.4, 0.5) is 8.39 Å². The van der Waals surface area contributed by atoms with Crippen molar-refractivity contribution < 1.29 is 8.39 Å². The van der Waals surface area contributed by atoms with Gasteiger partial charge in [-0.3, -0.25) is 0 Å². The Labute approximate surface area is 262 Å². The first kappa shape index (κ1) is 43.0. The van der Waals surface area contributed by atoms with E-state index in [9.17, 15) is 0 Å². The molecule has 0 aromatic heterocycles. The van der Waals surface area contributed by atoms with E-state index in [1.165, 1.54) is 0 Å². The van der Waals surface area contributed by atoms with Crippen molar-refractivity contribution >= 4 is 39.8 Å². The molecular weight excluding hydrogens is 610 g/mol. The monoisotopic (exact) mass is 682 g/mol. The number of nitrogens with zero attached hydrogens (tertiary/aromatic N) is 8. The Hall–Kier alpha value is 1.000. The van der Waals surface area contributed by atoms with E-state index in [1.54, 1.807) is 18.7 Å². The summed E-state index contributed by atoms with van der Waals surface area (Å²) in [4.78, 5) is 0. The van der Waals surface area contributed by atoms with Crippen LogP contribution >= 0.6 is 28.2 Å². The van der Waals surface area contributed by atoms with Crippen LogP contribution in [0, 0.1) is 0 Å². The summed E-state index contributed by atoms with van der Waals surface area (Å²) in [5.74, 6) is 4.10. The maximum atomic E-state index is 17.1. The number of halogens is 2. The Morgan fingerprint density at radius 3 is 0.810 bits per heavy atom. The van der Waals surface area contributed by atoms with Crippen LogP contribution in [0.25, 0.3) is 0 Å². The minimum absolute atomic E-state index is 0.625. The van der Waals surface area contributed by atoms with Crippen LogP contribution in [0.1, 0.15) is 39.5 Å². The first-order valence-electron chi connectivity index (χ1n) is 15.3. The van der Waals surface area contributed by atoms with Crippen LogP contribution in [0.15, 0.2) is 0 Å². The molecule has 0 heterocycles. The molecule has 0 fully saturated rings. The fraction of sp³-hybridized carbons (Fsp3) is 0.929. The van der Waals surface area contributed by atoms with E-state index in [2.05, 4.69) is 101 Å². The predicted molar refractivity (Wildman–Crippen MR) is 201 cm³/mol. The van der Waals surface area contributed by atoms with Crippen molar-refractivity contribution in [1.82, 2.24) is 37.4 Å². The summed E-state index contributed by atoms with van der Waals surface area (Å²) in [7, 11) is 26.3. The standard InChI is InChI=1S/C28H72F2N8P4/c1-19-21-25-41(35(11)12,36(13)14,27-23-39(29,31(3)4)32(5)6)42(37(15)16,38(17)18,26-22-20-2)28-24-40(30,33(7)8)34(9)10/h23-24H,19-22,25-28H2,1-18H3. The zero-order valence-electron chi connectivity index (χ0n) is 30.9. The van der Waals surface area contributed by atoms with Gasteiger partial charge in [0.05, 0.1) is 0 Å². The van der Waals surface area contributed by atoms with Gasteiger partial charge in [-0.15, -0.1) is 0 Å². The van der Waals surface area contributed by atoms with Gasteiger partial charge in [-0.25, -0.2) is 0 Å². The quantitative estimate of drug-likeness (QED) is 0.137. The molecule has 0 aliphatic rings. The molecular formula is C28H72F2N8P4. The van der Waals surface area contributed by atoms with Gasteiger partial charge in [0.2, 0.25) is 0 Å². The molecule has 42 heavy (non-hydrogen) atoms. The molecule has 0 spiro atoms. The van der Waals surface area contributed by atoms with Crippen LogP contribution < -0.4 is 0 Å². The van der Waals surface area contributed by atoms with Crippen molar-refractivity contribution in [3.63, 3.8) is 0 Å². The normalized spacial score (nSPS) is 16.3. The molecule has 0 aliphatic carbocycles. The van der Waals surface area contributed by atoms with Gasteiger partial charge in [0.15, 0.2) is 0 Å². The van der Waals surface area contributed by atoms with Gasteiger partial charge in [0.1, 0.15) is 0 Å². The fourth-order valence-corrected chi connectivity index (χ4v) is 43.5. The summed E-state index contributed by atoms with van der Waals surface area (Å²) >= 11 is 0. The molecule has 0 rings (SSSR count). The summed E-state index contributed by atoms with van der Waals surface area (Å²) in [5.41, 5.74) is 0. The van der Waals surface area contributed by atoms with Gasteiger partial charge in [0, 0.05) is 0 Å². The zero-order chi connectivity index (χ0) is 33.6. The Morgan fingerprint density at radius 2 is 0.667 bits per heavy atom. The summed E-state index contributed by atoms with van der Waals surface area (Å²) < 4.78 is 51.6. The zero-order valence-corrected chi connectivity index (χ0v) is 34.5. The van der Waals surface area contributed by atoms with Crippen molar-refractivity contribution in [2.75, 3.05) is 137 Å². The van der Waals surface area contributed by atoms with Crippen molar-refractivity contribution in [3.8, 4) is 0 Å². The minimum atomic E-state index is -3.42. The molecule has 0 radical (unpaired) electrons. The first-order chi connectivity index (χ1) is 19.0. The third kappa shape index (κ3) is 6.43. The van der Waals surface area contributed by atoms with E-state index in [4.69, 9.17) is 0 Å². The number of rotatable bonds is 19. The van der Waals surface area contributed by atoms with Crippen molar-refractivity contribution in [1.29, 1.82) is 0 Å². The van der Waals surface area contributed by atoms with Gasteiger partial charge in [-0.1, -0.05) is 0 Å². The van der Waals surface area contributed by atoms with Crippen LogP contribution in [-0.4, -0.2) is 186 Å². The van der Waals surface area contributed by atoms with Crippen molar-refractivity contribution in [2.24, 2.45) is 0 Å². The summed E-state index contributed by atoms with van der Waals surface area (Å²) in [6.07, 6.45) is 7.27. The topological polar surface area (TPSA) is 25.9 Å². The second-order valence-electron chi connectivity index (χ2n) is 13.5. The molecule has 0 unspecified atom stereocenters. The summed E-state index contributed by atoms with van der Waals surface area (Å²) in [5, 5.41) is 0. The molecule has 0 aromatic rings.